The third-order valence-corrected chi connectivity index (χ3v) is 12.7. The maximum absolute atomic E-state index is 13.5. The van der Waals surface area contributed by atoms with E-state index in [-0.39, 0.29) is 54.6 Å². The first kappa shape index (κ1) is 109. The van der Waals surface area contributed by atoms with Crippen molar-refractivity contribution in [1.29, 1.82) is 0 Å². The van der Waals surface area contributed by atoms with Gasteiger partial charge in [-0.05, 0) is 26.7 Å². The van der Waals surface area contributed by atoms with E-state index in [4.69, 9.17) is 99.5 Å². The van der Waals surface area contributed by atoms with Gasteiger partial charge in [0.2, 0.25) is 0 Å². The van der Waals surface area contributed by atoms with Crippen molar-refractivity contribution < 1.29 is 171 Å². The Kier molecular flexibility index (Phi) is 74.6. The highest BCUT2D eigenvalue weighted by Gasteiger charge is 2.90. The molecule has 0 aliphatic heterocycles. The molecule has 0 fully saturated rings. The molecule has 0 aromatic carbocycles. The fraction of sp³-hybridized carbons (Fsp3) is 0.969. The summed E-state index contributed by atoms with van der Waals surface area (Å²) in [7, 11) is 1.64. The monoisotopic (exact) mass is 1520 g/mol. The number of carbonyl (C=O) groups excluding carboxylic acids is 2. The molecule has 0 heterocycles. The van der Waals surface area contributed by atoms with Crippen molar-refractivity contribution in [2.45, 2.75) is 119 Å². The number of hydrogen-bond donors (Lipinski definition) is 0. The zero-order valence-corrected chi connectivity index (χ0v) is 56.9. The van der Waals surface area contributed by atoms with Crippen LogP contribution in [0.15, 0.2) is 0 Å². The molecule has 0 rings (SSSR count). The van der Waals surface area contributed by atoms with E-state index in [9.17, 15) is 66.7 Å². The van der Waals surface area contributed by atoms with Crippen LogP contribution in [0, 0.1) is 11.3 Å². The summed E-state index contributed by atoms with van der Waals surface area (Å²) in [6, 6.07) is 0. The van der Waals surface area contributed by atoms with Gasteiger partial charge in [0, 0.05) is 7.11 Å². The van der Waals surface area contributed by atoms with Crippen LogP contribution < -0.4 is 0 Å². The number of alkyl halides is 13. The highest BCUT2D eigenvalue weighted by Crippen LogP contribution is 2.60. The average Bonchev–Trinajstić information content (AvgIpc) is 0.714. The first-order valence-electron chi connectivity index (χ1n) is 31.9. The molecule has 0 radical (unpaired) electrons. The van der Waals surface area contributed by atoms with Crippen molar-refractivity contribution in [3.63, 3.8) is 0 Å². The van der Waals surface area contributed by atoms with E-state index in [2.05, 4.69) is 4.74 Å². The molecule has 0 saturated carbocycles. The third kappa shape index (κ3) is 55.3. The molecule has 37 heteroatoms. The molecule has 0 aromatic rings. The van der Waals surface area contributed by atoms with E-state index in [0.717, 1.165) is 6.42 Å². The molecule has 0 saturated heterocycles. The molecular weight excluding hydrogens is 1400 g/mol. The van der Waals surface area contributed by atoms with Crippen LogP contribution in [0.25, 0.3) is 0 Å². The molecule has 101 heavy (non-hydrogen) atoms. The van der Waals surface area contributed by atoms with Gasteiger partial charge in [0.1, 0.15) is 6.61 Å². The van der Waals surface area contributed by atoms with Gasteiger partial charge < -0.3 is 104 Å². The van der Waals surface area contributed by atoms with Crippen molar-refractivity contribution in [1.82, 2.24) is 0 Å². The highest BCUT2D eigenvalue weighted by atomic mass is 19.4. The molecule has 0 spiro atoms. The van der Waals surface area contributed by atoms with Crippen molar-refractivity contribution in [2.24, 2.45) is 11.3 Å². The van der Waals surface area contributed by atoms with E-state index in [1.807, 2.05) is 13.8 Å². The first-order chi connectivity index (χ1) is 46.2. The summed E-state index contributed by atoms with van der Waals surface area (Å²) in [6.07, 6.45) is -9.20. The van der Waals surface area contributed by atoms with E-state index < -0.39 is 60.2 Å². The summed E-state index contributed by atoms with van der Waals surface area (Å²) in [5.74, 6) is -38.7. The molecule has 0 amide bonds. The molecule has 0 aromatic heterocycles. The maximum atomic E-state index is 13.5. The molecule has 0 aliphatic rings. The quantitative estimate of drug-likeness (QED) is 0.0313. The molecule has 1 atom stereocenters. The summed E-state index contributed by atoms with van der Waals surface area (Å²) in [4.78, 5) is 23.0. The lowest BCUT2D eigenvalue weighted by molar-refractivity contribution is -0.440. The van der Waals surface area contributed by atoms with Gasteiger partial charge in [0.15, 0.2) is 0 Å². The molecule has 0 bridgehead atoms. The van der Waals surface area contributed by atoms with Crippen LogP contribution in [-0.4, -0.2) is 326 Å². The Morgan fingerprint density at radius 3 is 0.673 bits per heavy atom. The maximum Gasteiger partial charge on any atom is 0.460 e. The van der Waals surface area contributed by atoms with Crippen LogP contribution in [0.2, 0.25) is 0 Å². The minimum atomic E-state index is -7.94. The SMILES string of the molecule is C.C.C.C.CCC(C)(C)C(=O)OCCC(F)(F)C(F)(F)C(F)(F)C(F)(F)C(F)(F)C(F)(F)F.CCC(C)C(=O)OCCOCCOCCOCCOCCOCCOCCOCCOCCOCCOCCOCCOCCOCCOCCOCCOCCOCCOCCOCCOC. The Morgan fingerprint density at radius 1 is 0.287 bits per heavy atom. The van der Waals surface area contributed by atoms with Gasteiger partial charge in [-0.3, -0.25) is 9.59 Å². The predicted octanol–water partition coefficient (Wildman–Crippen LogP) is 10.2. The smallest absolute Gasteiger partial charge is 0.460 e. The number of hydrogen-bond acceptors (Lipinski definition) is 24. The van der Waals surface area contributed by atoms with Gasteiger partial charge in [0.25, 0.3) is 0 Å². The average molecular weight is 1520 g/mol. The van der Waals surface area contributed by atoms with Gasteiger partial charge >= 0.3 is 47.7 Å². The second-order valence-corrected chi connectivity index (χ2v) is 20.7. The second-order valence-electron chi connectivity index (χ2n) is 20.7. The van der Waals surface area contributed by atoms with Crippen LogP contribution >= 0.6 is 0 Å². The van der Waals surface area contributed by atoms with Gasteiger partial charge in [-0.25, -0.2) is 0 Å². The highest BCUT2D eigenvalue weighted by molar-refractivity contribution is 5.75. The summed E-state index contributed by atoms with van der Waals surface area (Å²) < 4.78 is 286. The zero-order valence-electron chi connectivity index (χ0n) is 56.9. The minimum Gasteiger partial charge on any atom is -0.465 e. The van der Waals surface area contributed by atoms with E-state index in [0.29, 0.717) is 258 Å². The van der Waals surface area contributed by atoms with Crippen molar-refractivity contribution in [3.8, 4) is 0 Å². The molecule has 614 valence electrons. The number of esters is 2. The Balaban J connectivity index is -0.000000575. The standard InChI is InChI=1S/C46H92O22.C14H15F13O2.4CH4/c1-4-45(2)46(47)68-44-43-67-42-41-66-40-39-65-38-37-64-36-35-63-34-33-62-32-31-61-30-29-60-28-27-59-26-25-58-24-23-57-22-21-56-20-19-55-18-17-54-16-15-53-14-13-52-12-11-51-10-9-50-8-7-49-6-5-48-3;1-4-8(2,3)7(28)29-6-5-9(15,16)10(17,18)11(19,20)12(21,22)13(23,24)14(25,26)27;;;;/h45H,4-44H2,1-3H3;4-6H2,1-3H3;4*1H4. The normalized spacial score (nSPS) is 12.6. The Hall–Kier alpha value is -2.77. The lowest BCUT2D eigenvalue weighted by Gasteiger charge is -2.39. The van der Waals surface area contributed by atoms with Crippen LogP contribution in [-0.2, 0) is 114 Å². The minimum absolute atomic E-state index is 0. The Bertz CT molecular complexity index is 1800. The van der Waals surface area contributed by atoms with Crippen LogP contribution in [0.4, 0.5) is 57.1 Å². The van der Waals surface area contributed by atoms with Crippen LogP contribution in [0.3, 0.4) is 0 Å². The molecule has 24 nitrogen and oxygen atoms in total. The first-order valence-corrected chi connectivity index (χ1v) is 31.9. The predicted molar refractivity (Wildman–Crippen MR) is 345 cm³/mol. The number of carbonyl (C=O) groups is 2. The lowest BCUT2D eigenvalue weighted by Crippen LogP contribution is -2.70. The van der Waals surface area contributed by atoms with Crippen LogP contribution in [0.5, 0.6) is 0 Å². The van der Waals surface area contributed by atoms with E-state index >= 15 is 0 Å². The summed E-state index contributed by atoms with van der Waals surface area (Å²) in [6.45, 7) is 25.5. The van der Waals surface area contributed by atoms with E-state index in [1.54, 1.807) is 7.11 Å². The number of rotatable bonds is 71. The van der Waals surface area contributed by atoms with Gasteiger partial charge in [0.05, 0.1) is 282 Å². The molecular formula is C64H123F13O24. The zero-order chi connectivity index (χ0) is 72.9. The lowest BCUT2D eigenvalue weighted by atomic mass is 9.90. The van der Waals surface area contributed by atoms with E-state index in [1.165, 1.54) is 20.8 Å². The van der Waals surface area contributed by atoms with Crippen molar-refractivity contribution in [3.05, 3.63) is 0 Å². The van der Waals surface area contributed by atoms with Crippen LogP contribution in [0.1, 0.15) is 83.6 Å². The fourth-order valence-electron chi connectivity index (χ4n) is 6.28. The van der Waals surface area contributed by atoms with Gasteiger partial charge in [-0.1, -0.05) is 50.5 Å². The molecule has 0 N–H and O–H groups in total. The Labute approximate surface area is 590 Å². The number of ether oxygens (including phenoxy) is 22. The molecule has 0 aliphatic carbocycles. The largest absolute Gasteiger partial charge is 0.465 e. The third-order valence-electron chi connectivity index (χ3n) is 12.7. The summed E-state index contributed by atoms with van der Waals surface area (Å²) >= 11 is 0. The fourth-order valence-corrected chi connectivity index (χ4v) is 6.28. The van der Waals surface area contributed by atoms with Gasteiger partial charge in [-0.15, -0.1) is 0 Å². The Morgan fingerprint density at radius 2 is 0.485 bits per heavy atom. The summed E-state index contributed by atoms with van der Waals surface area (Å²) in [5, 5.41) is 0. The number of halogens is 13. The van der Waals surface area contributed by atoms with Gasteiger partial charge in [-0.2, -0.15) is 57.1 Å². The number of methoxy groups -OCH3 is 1. The summed E-state index contributed by atoms with van der Waals surface area (Å²) in [5.41, 5.74) is -1.33. The topological polar surface area (TPSA) is 237 Å². The van der Waals surface area contributed by atoms with Crippen molar-refractivity contribution >= 4 is 11.9 Å². The molecule has 1 unspecified atom stereocenters. The second kappa shape index (κ2) is 69.0. The van der Waals surface area contributed by atoms with Crippen molar-refractivity contribution in [2.75, 3.05) is 278 Å².